The van der Waals surface area contributed by atoms with Crippen molar-refractivity contribution in [3.05, 3.63) is 47.3 Å². The second kappa shape index (κ2) is 6.29. The normalized spacial score (nSPS) is 10.2. The van der Waals surface area contributed by atoms with E-state index in [9.17, 15) is 9.18 Å². The van der Waals surface area contributed by atoms with E-state index in [0.717, 1.165) is 0 Å². The van der Waals surface area contributed by atoms with Crippen LogP contribution in [0.25, 0.3) is 0 Å². The lowest BCUT2D eigenvalue weighted by atomic mass is 10.2. The van der Waals surface area contributed by atoms with Crippen LogP contribution in [0.5, 0.6) is 5.75 Å². The average molecular weight is 296 g/mol. The number of halogens is 2. The summed E-state index contributed by atoms with van der Waals surface area (Å²) in [5.41, 5.74) is 0.407. The van der Waals surface area contributed by atoms with Crippen molar-refractivity contribution < 1.29 is 13.9 Å². The minimum Gasteiger partial charge on any atom is -0.492 e. The van der Waals surface area contributed by atoms with E-state index in [1.54, 1.807) is 6.92 Å². The smallest absolute Gasteiger partial charge is 0.276 e. The highest BCUT2D eigenvalue weighted by Crippen LogP contribution is 2.25. The summed E-state index contributed by atoms with van der Waals surface area (Å²) in [6.45, 7) is 2.11. The Balaban J connectivity index is 2.23. The van der Waals surface area contributed by atoms with Gasteiger partial charge in [-0.1, -0.05) is 11.6 Å². The molecule has 0 aliphatic carbocycles. The Morgan fingerprint density at radius 1 is 1.45 bits per heavy atom. The molecule has 0 aliphatic rings. The van der Waals surface area contributed by atoms with Crippen LogP contribution in [0.4, 0.5) is 10.1 Å². The van der Waals surface area contributed by atoms with E-state index < -0.39 is 11.7 Å². The fraction of sp³-hybridized carbons (Fsp3) is 0.154. The summed E-state index contributed by atoms with van der Waals surface area (Å²) in [4.78, 5) is 19.6. The number of ether oxygens (including phenoxy) is 1. The Kier molecular flexibility index (Phi) is 4.47. The molecular formula is C13H11ClFN3O2. The first-order valence-electron chi connectivity index (χ1n) is 5.81. The highest BCUT2D eigenvalue weighted by atomic mass is 35.5. The van der Waals surface area contributed by atoms with E-state index in [0.29, 0.717) is 12.3 Å². The summed E-state index contributed by atoms with van der Waals surface area (Å²) in [6.07, 6.45) is 2.60. The van der Waals surface area contributed by atoms with Crippen molar-refractivity contribution in [2.45, 2.75) is 6.92 Å². The Labute approximate surface area is 119 Å². The number of carbonyl (C=O) groups is 1. The molecule has 1 amide bonds. The quantitative estimate of drug-likeness (QED) is 0.942. The van der Waals surface area contributed by atoms with E-state index in [1.807, 2.05) is 0 Å². The predicted molar refractivity (Wildman–Crippen MR) is 72.6 cm³/mol. The van der Waals surface area contributed by atoms with Gasteiger partial charge in [0.25, 0.3) is 5.91 Å². The molecule has 1 heterocycles. The number of benzene rings is 1. The summed E-state index contributed by atoms with van der Waals surface area (Å²) in [5.74, 6) is -0.711. The number of anilines is 1. The molecule has 0 unspecified atom stereocenters. The third-order valence-corrected chi connectivity index (χ3v) is 2.51. The van der Waals surface area contributed by atoms with Crippen LogP contribution in [0.1, 0.15) is 17.4 Å². The molecule has 5 nitrogen and oxygen atoms in total. The van der Waals surface area contributed by atoms with Crippen molar-refractivity contribution in [3.8, 4) is 5.75 Å². The van der Waals surface area contributed by atoms with Crippen LogP contribution in [0.3, 0.4) is 0 Å². The van der Waals surface area contributed by atoms with Gasteiger partial charge in [-0.2, -0.15) is 0 Å². The number of nitrogens with zero attached hydrogens (tertiary/aromatic N) is 2. The van der Waals surface area contributed by atoms with E-state index >= 15 is 0 Å². The fourth-order valence-corrected chi connectivity index (χ4v) is 1.66. The van der Waals surface area contributed by atoms with E-state index in [2.05, 4.69) is 15.3 Å². The molecule has 2 aromatic rings. The fourth-order valence-electron chi connectivity index (χ4n) is 1.51. The zero-order valence-corrected chi connectivity index (χ0v) is 11.3. The number of carbonyl (C=O) groups excluding carboxylic acids is 1. The molecule has 1 aromatic carbocycles. The lowest BCUT2D eigenvalue weighted by molar-refractivity contribution is 0.102. The maximum atomic E-state index is 13.2. The summed E-state index contributed by atoms with van der Waals surface area (Å²) in [7, 11) is 0. The molecule has 0 radical (unpaired) electrons. The first-order chi connectivity index (χ1) is 9.60. The second-order valence-electron chi connectivity index (χ2n) is 3.75. The monoisotopic (exact) mass is 295 g/mol. The predicted octanol–water partition coefficient (Wildman–Crippen LogP) is 2.92. The van der Waals surface area contributed by atoms with Gasteiger partial charge in [-0.05, 0) is 19.1 Å². The highest BCUT2D eigenvalue weighted by molar-refractivity contribution is 6.29. The zero-order chi connectivity index (χ0) is 14.5. The number of nitrogens with one attached hydrogen (secondary N) is 1. The molecule has 20 heavy (non-hydrogen) atoms. The molecule has 7 heteroatoms. The third-order valence-electron chi connectivity index (χ3n) is 2.33. The van der Waals surface area contributed by atoms with Crippen LogP contribution in [-0.4, -0.2) is 22.5 Å². The van der Waals surface area contributed by atoms with E-state index in [1.165, 1.54) is 30.6 Å². The summed E-state index contributed by atoms with van der Waals surface area (Å²) < 4.78 is 18.4. The van der Waals surface area contributed by atoms with Gasteiger partial charge in [0, 0.05) is 6.07 Å². The molecular weight excluding hydrogens is 285 g/mol. The van der Waals surface area contributed by atoms with Crippen molar-refractivity contribution >= 4 is 23.2 Å². The van der Waals surface area contributed by atoms with Gasteiger partial charge in [-0.25, -0.2) is 9.37 Å². The first-order valence-corrected chi connectivity index (χ1v) is 6.19. The Bertz CT molecular complexity index is 637. The van der Waals surface area contributed by atoms with Crippen LogP contribution in [0.15, 0.2) is 30.6 Å². The topological polar surface area (TPSA) is 64.1 Å². The van der Waals surface area contributed by atoms with Gasteiger partial charge in [0.2, 0.25) is 0 Å². The van der Waals surface area contributed by atoms with Crippen molar-refractivity contribution in [3.63, 3.8) is 0 Å². The van der Waals surface area contributed by atoms with Crippen LogP contribution in [0, 0.1) is 5.82 Å². The first kappa shape index (κ1) is 14.2. The largest absolute Gasteiger partial charge is 0.492 e. The van der Waals surface area contributed by atoms with Gasteiger partial charge in [-0.15, -0.1) is 0 Å². The molecule has 0 saturated carbocycles. The molecule has 0 bridgehead atoms. The number of hydrogen-bond acceptors (Lipinski definition) is 4. The molecule has 0 aliphatic heterocycles. The highest BCUT2D eigenvalue weighted by Gasteiger charge is 2.12. The van der Waals surface area contributed by atoms with Gasteiger partial charge >= 0.3 is 0 Å². The van der Waals surface area contributed by atoms with E-state index in [4.69, 9.17) is 16.3 Å². The van der Waals surface area contributed by atoms with Crippen molar-refractivity contribution in [1.82, 2.24) is 9.97 Å². The van der Waals surface area contributed by atoms with Crippen molar-refractivity contribution in [1.29, 1.82) is 0 Å². The molecule has 0 saturated heterocycles. The zero-order valence-electron chi connectivity index (χ0n) is 10.6. The summed E-state index contributed by atoms with van der Waals surface area (Å²) in [5, 5.41) is 2.69. The lowest BCUT2D eigenvalue weighted by Crippen LogP contribution is -2.15. The Morgan fingerprint density at radius 3 is 2.95 bits per heavy atom. The van der Waals surface area contributed by atoms with Gasteiger partial charge < -0.3 is 10.1 Å². The maximum Gasteiger partial charge on any atom is 0.276 e. The van der Waals surface area contributed by atoms with Crippen LogP contribution < -0.4 is 10.1 Å². The molecule has 2 rings (SSSR count). The maximum absolute atomic E-state index is 13.2. The van der Waals surface area contributed by atoms with Gasteiger partial charge in [0.1, 0.15) is 22.4 Å². The summed E-state index contributed by atoms with van der Waals surface area (Å²) >= 11 is 5.67. The number of aromatic nitrogens is 2. The van der Waals surface area contributed by atoms with Crippen molar-refractivity contribution in [2.24, 2.45) is 0 Å². The molecule has 0 fully saturated rings. The van der Waals surface area contributed by atoms with Crippen LogP contribution >= 0.6 is 11.6 Å². The van der Waals surface area contributed by atoms with Gasteiger partial charge in [0.15, 0.2) is 0 Å². The standard InChI is InChI=1S/C13H11ClFN3O2/c1-2-20-11-5-8(15)3-4-9(11)18-13(19)10-6-16-7-12(14)17-10/h3-7H,2H2,1H3,(H,18,19). The Morgan fingerprint density at radius 2 is 2.25 bits per heavy atom. The summed E-state index contributed by atoms with van der Waals surface area (Å²) in [6, 6.07) is 3.83. The number of rotatable bonds is 4. The van der Waals surface area contributed by atoms with Crippen LogP contribution in [0.2, 0.25) is 5.15 Å². The number of amides is 1. The number of hydrogen-bond donors (Lipinski definition) is 1. The average Bonchev–Trinajstić information content (AvgIpc) is 2.42. The Hall–Kier alpha value is -2.21. The van der Waals surface area contributed by atoms with Crippen LogP contribution in [-0.2, 0) is 0 Å². The van der Waals surface area contributed by atoms with Gasteiger partial charge in [-0.3, -0.25) is 9.78 Å². The third kappa shape index (κ3) is 3.42. The molecule has 1 aromatic heterocycles. The SMILES string of the molecule is CCOc1cc(F)ccc1NC(=O)c1cncc(Cl)n1. The minimum absolute atomic E-state index is 0.0595. The molecule has 1 N–H and O–H groups in total. The second-order valence-corrected chi connectivity index (χ2v) is 4.14. The molecule has 104 valence electrons. The van der Waals surface area contributed by atoms with Crippen molar-refractivity contribution in [2.75, 3.05) is 11.9 Å². The minimum atomic E-state index is -0.507. The van der Waals surface area contributed by atoms with Gasteiger partial charge in [0.05, 0.1) is 24.7 Å². The molecule has 0 atom stereocenters. The van der Waals surface area contributed by atoms with E-state index in [-0.39, 0.29) is 16.6 Å². The lowest BCUT2D eigenvalue weighted by Gasteiger charge is -2.11. The molecule has 0 spiro atoms.